The maximum absolute atomic E-state index is 11.0. The van der Waals surface area contributed by atoms with Gasteiger partial charge in [-0.2, -0.15) is 0 Å². The van der Waals surface area contributed by atoms with Crippen LogP contribution in [0, 0.1) is 6.92 Å². The van der Waals surface area contributed by atoms with Gasteiger partial charge in [0, 0.05) is 11.5 Å². The minimum atomic E-state index is -0.438. The van der Waals surface area contributed by atoms with E-state index >= 15 is 0 Å². The molecule has 0 amide bonds. The minimum Gasteiger partial charge on any atom is -0.504 e. The summed E-state index contributed by atoms with van der Waals surface area (Å²) in [5.74, 6) is -0.00157. The van der Waals surface area contributed by atoms with Crippen molar-refractivity contribution >= 4 is 11.0 Å². The van der Waals surface area contributed by atoms with E-state index in [2.05, 4.69) is 0 Å². The van der Waals surface area contributed by atoms with Crippen molar-refractivity contribution in [3.63, 3.8) is 0 Å². The van der Waals surface area contributed by atoms with E-state index in [9.17, 15) is 9.90 Å². The standard InChI is InChI=1S/C10H8O3/c1-6-5-9(12)13-10-7(6)3-2-4-8(10)11/h2-5,11H,1H3. The van der Waals surface area contributed by atoms with Crippen LogP contribution in [-0.2, 0) is 0 Å². The summed E-state index contributed by atoms with van der Waals surface area (Å²) in [5.41, 5.74) is 0.626. The number of aromatic hydroxyl groups is 1. The van der Waals surface area contributed by atoms with Gasteiger partial charge in [0.15, 0.2) is 11.3 Å². The maximum atomic E-state index is 11.0. The first kappa shape index (κ1) is 7.86. The van der Waals surface area contributed by atoms with E-state index in [1.807, 2.05) is 0 Å². The third-order valence-corrected chi connectivity index (χ3v) is 1.96. The highest BCUT2D eigenvalue weighted by molar-refractivity contribution is 5.84. The smallest absolute Gasteiger partial charge is 0.336 e. The molecule has 0 aliphatic carbocycles. The van der Waals surface area contributed by atoms with Crippen molar-refractivity contribution in [2.24, 2.45) is 0 Å². The van der Waals surface area contributed by atoms with Gasteiger partial charge in [-0.25, -0.2) is 4.79 Å². The molecule has 0 aliphatic rings. The third kappa shape index (κ3) is 1.18. The Balaban J connectivity index is 3.03. The van der Waals surface area contributed by atoms with E-state index in [1.54, 1.807) is 19.1 Å². The first-order valence-corrected chi connectivity index (χ1v) is 3.91. The first-order valence-electron chi connectivity index (χ1n) is 3.91. The molecule has 0 atom stereocenters. The fraction of sp³-hybridized carbons (Fsp3) is 0.100. The molecule has 1 aromatic carbocycles. The largest absolute Gasteiger partial charge is 0.504 e. The van der Waals surface area contributed by atoms with Crippen LogP contribution in [0.4, 0.5) is 0 Å². The van der Waals surface area contributed by atoms with Crippen molar-refractivity contribution in [3.05, 3.63) is 40.2 Å². The number of phenols is 1. The van der Waals surface area contributed by atoms with Crippen molar-refractivity contribution in [2.45, 2.75) is 6.92 Å². The quantitative estimate of drug-likeness (QED) is 0.623. The van der Waals surface area contributed by atoms with Gasteiger partial charge in [0.25, 0.3) is 0 Å². The Morgan fingerprint density at radius 2 is 2.15 bits per heavy atom. The minimum absolute atomic E-state index is 0.00157. The average molecular weight is 176 g/mol. The summed E-state index contributed by atoms with van der Waals surface area (Å²) >= 11 is 0. The van der Waals surface area contributed by atoms with E-state index in [0.717, 1.165) is 10.9 Å². The Hall–Kier alpha value is -1.77. The highest BCUT2D eigenvalue weighted by Crippen LogP contribution is 2.24. The van der Waals surface area contributed by atoms with Gasteiger partial charge in [-0.3, -0.25) is 0 Å². The lowest BCUT2D eigenvalue weighted by molar-refractivity contribution is 0.457. The SMILES string of the molecule is Cc1cc(=O)oc2c(O)cccc12. The lowest BCUT2D eigenvalue weighted by atomic mass is 10.1. The van der Waals surface area contributed by atoms with Crippen molar-refractivity contribution < 1.29 is 9.52 Å². The molecule has 2 rings (SSSR count). The zero-order valence-corrected chi connectivity index (χ0v) is 7.07. The molecule has 0 unspecified atom stereocenters. The number of phenolic OH excluding ortho intramolecular Hbond substituents is 1. The second-order valence-corrected chi connectivity index (χ2v) is 2.90. The molecule has 1 N–H and O–H groups in total. The Morgan fingerprint density at radius 3 is 2.92 bits per heavy atom. The molecule has 0 saturated carbocycles. The molecule has 66 valence electrons. The molecular formula is C10H8O3. The topological polar surface area (TPSA) is 50.4 Å². The molecule has 0 saturated heterocycles. The second kappa shape index (κ2) is 2.62. The van der Waals surface area contributed by atoms with Crippen LogP contribution >= 0.6 is 0 Å². The first-order chi connectivity index (χ1) is 6.18. The lowest BCUT2D eigenvalue weighted by Gasteiger charge is -2.00. The Kier molecular flexibility index (Phi) is 1.59. The Bertz CT molecular complexity index is 511. The van der Waals surface area contributed by atoms with Crippen LogP contribution in [0.5, 0.6) is 5.75 Å². The van der Waals surface area contributed by atoms with Gasteiger partial charge in [-0.1, -0.05) is 12.1 Å². The number of hydrogen-bond donors (Lipinski definition) is 1. The van der Waals surface area contributed by atoms with Crippen molar-refractivity contribution in [3.8, 4) is 5.75 Å². The Labute approximate surface area is 74.2 Å². The van der Waals surface area contributed by atoms with Gasteiger partial charge in [-0.05, 0) is 18.6 Å². The highest BCUT2D eigenvalue weighted by Gasteiger charge is 2.04. The number of hydrogen-bond acceptors (Lipinski definition) is 3. The molecule has 0 fully saturated rings. The predicted octanol–water partition coefficient (Wildman–Crippen LogP) is 1.81. The number of para-hydroxylation sites is 1. The van der Waals surface area contributed by atoms with Crippen molar-refractivity contribution in [2.75, 3.05) is 0 Å². The monoisotopic (exact) mass is 176 g/mol. The van der Waals surface area contributed by atoms with Crippen LogP contribution in [0.2, 0.25) is 0 Å². The third-order valence-electron chi connectivity index (χ3n) is 1.96. The summed E-state index contributed by atoms with van der Waals surface area (Å²) in [6.45, 7) is 1.80. The molecule has 3 nitrogen and oxygen atoms in total. The van der Waals surface area contributed by atoms with Crippen LogP contribution in [-0.4, -0.2) is 5.11 Å². The molecule has 3 heteroatoms. The van der Waals surface area contributed by atoms with Crippen LogP contribution in [0.15, 0.2) is 33.5 Å². The highest BCUT2D eigenvalue weighted by atomic mass is 16.4. The zero-order valence-electron chi connectivity index (χ0n) is 7.07. The van der Waals surface area contributed by atoms with Crippen molar-refractivity contribution in [1.29, 1.82) is 0 Å². The summed E-state index contributed by atoms with van der Waals surface area (Å²) in [7, 11) is 0. The van der Waals surface area contributed by atoms with Gasteiger partial charge in [-0.15, -0.1) is 0 Å². The normalized spacial score (nSPS) is 10.5. The number of benzene rings is 1. The zero-order chi connectivity index (χ0) is 9.42. The van der Waals surface area contributed by atoms with Gasteiger partial charge in [0.2, 0.25) is 0 Å². The number of fused-ring (bicyclic) bond motifs is 1. The van der Waals surface area contributed by atoms with E-state index in [-0.39, 0.29) is 11.3 Å². The van der Waals surface area contributed by atoms with E-state index in [1.165, 1.54) is 12.1 Å². The molecule has 2 aromatic rings. The maximum Gasteiger partial charge on any atom is 0.336 e. The molecule has 1 heterocycles. The molecule has 0 bridgehead atoms. The van der Waals surface area contributed by atoms with Gasteiger partial charge in [0.05, 0.1) is 0 Å². The molecule has 13 heavy (non-hydrogen) atoms. The van der Waals surface area contributed by atoms with E-state index in [0.29, 0.717) is 0 Å². The molecule has 0 radical (unpaired) electrons. The van der Waals surface area contributed by atoms with Gasteiger partial charge in [0.1, 0.15) is 0 Å². The molecular weight excluding hydrogens is 168 g/mol. The van der Waals surface area contributed by atoms with Crippen molar-refractivity contribution in [1.82, 2.24) is 0 Å². The van der Waals surface area contributed by atoms with Crippen LogP contribution in [0.1, 0.15) is 5.56 Å². The molecule has 0 aliphatic heterocycles. The fourth-order valence-electron chi connectivity index (χ4n) is 1.33. The summed E-state index contributed by atoms with van der Waals surface area (Å²) in [5, 5.41) is 10.2. The summed E-state index contributed by atoms with van der Waals surface area (Å²) in [6, 6.07) is 6.41. The average Bonchev–Trinajstić information content (AvgIpc) is 2.07. The summed E-state index contributed by atoms with van der Waals surface area (Å²) in [4.78, 5) is 11.0. The fourth-order valence-corrected chi connectivity index (χ4v) is 1.33. The van der Waals surface area contributed by atoms with Gasteiger partial charge >= 0.3 is 5.63 Å². The lowest BCUT2D eigenvalue weighted by Crippen LogP contribution is -1.97. The second-order valence-electron chi connectivity index (χ2n) is 2.90. The number of rotatable bonds is 0. The van der Waals surface area contributed by atoms with Gasteiger partial charge < -0.3 is 9.52 Å². The van der Waals surface area contributed by atoms with Crippen LogP contribution in [0.25, 0.3) is 11.0 Å². The summed E-state index contributed by atoms with van der Waals surface area (Å²) < 4.78 is 4.87. The Morgan fingerprint density at radius 1 is 1.38 bits per heavy atom. The predicted molar refractivity (Wildman–Crippen MR) is 48.9 cm³/mol. The van der Waals surface area contributed by atoms with E-state index < -0.39 is 5.63 Å². The number of aryl methyl sites for hydroxylation is 1. The van der Waals surface area contributed by atoms with E-state index in [4.69, 9.17) is 4.42 Å². The van der Waals surface area contributed by atoms with Crippen LogP contribution < -0.4 is 5.63 Å². The summed E-state index contributed by atoms with van der Waals surface area (Å²) in [6.07, 6.45) is 0. The van der Waals surface area contributed by atoms with Crippen LogP contribution in [0.3, 0.4) is 0 Å². The molecule has 0 spiro atoms. The molecule has 1 aromatic heterocycles.